The summed E-state index contributed by atoms with van der Waals surface area (Å²) in [4.78, 5) is 0. The lowest BCUT2D eigenvalue weighted by Gasteiger charge is -2.19. The van der Waals surface area contributed by atoms with Crippen LogP contribution in [0.25, 0.3) is 0 Å². The summed E-state index contributed by atoms with van der Waals surface area (Å²) < 4.78 is 0. The second-order valence-corrected chi connectivity index (χ2v) is 3.93. The molecule has 1 saturated carbocycles. The van der Waals surface area contributed by atoms with Crippen LogP contribution < -0.4 is 11.1 Å². The molecule has 2 nitrogen and oxygen atoms in total. The van der Waals surface area contributed by atoms with E-state index in [1.807, 2.05) is 0 Å². The summed E-state index contributed by atoms with van der Waals surface area (Å²) in [6.45, 7) is 4.21. The molecule has 1 fully saturated rings. The van der Waals surface area contributed by atoms with Crippen LogP contribution in [0.3, 0.4) is 0 Å². The highest BCUT2D eigenvalue weighted by Gasteiger charge is 2.20. The van der Waals surface area contributed by atoms with Gasteiger partial charge < -0.3 is 11.1 Å². The lowest BCUT2D eigenvalue weighted by atomic mass is 10.00. The Morgan fingerprint density at radius 2 is 2.08 bits per heavy atom. The van der Waals surface area contributed by atoms with E-state index >= 15 is 0 Å². The van der Waals surface area contributed by atoms with Crippen LogP contribution in [0, 0.1) is 5.92 Å². The highest BCUT2D eigenvalue weighted by molar-refractivity contribution is 4.76. The van der Waals surface area contributed by atoms with Gasteiger partial charge in [-0.2, -0.15) is 0 Å². The summed E-state index contributed by atoms with van der Waals surface area (Å²) in [6.07, 6.45) is 6.84. The van der Waals surface area contributed by atoms with Gasteiger partial charge in [-0.3, -0.25) is 0 Å². The molecule has 1 atom stereocenters. The van der Waals surface area contributed by atoms with Crippen LogP contribution in [-0.4, -0.2) is 19.1 Å². The second-order valence-electron chi connectivity index (χ2n) is 3.93. The third kappa shape index (κ3) is 3.11. The zero-order valence-corrected chi connectivity index (χ0v) is 8.18. The summed E-state index contributed by atoms with van der Waals surface area (Å²) in [5.41, 5.74) is 5.43. The van der Waals surface area contributed by atoms with Crippen molar-refractivity contribution in [1.82, 2.24) is 5.32 Å². The molecule has 1 aliphatic carbocycles. The summed E-state index contributed by atoms with van der Waals surface area (Å²) in [6, 6.07) is 0.707. The molecule has 0 aromatic rings. The van der Waals surface area contributed by atoms with E-state index in [1.54, 1.807) is 0 Å². The standard InChI is InChI=1S/C10H22N2/c1-9(12-8-4-7-11)10-5-2-3-6-10/h9-10,12H,2-8,11H2,1H3/t9-/m1/s1. The zero-order chi connectivity index (χ0) is 8.81. The van der Waals surface area contributed by atoms with E-state index in [0.717, 1.165) is 25.4 Å². The van der Waals surface area contributed by atoms with E-state index in [4.69, 9.17) is 5.73 Å². The first-order valence-corrected chi connectivity index (χ1v) is 5.28. The number of rotatable bonds is 5. The SMILES string of the molecule is C[C@@H](NCCCN)C1CCCC1. The van der Waals surface area contributed by atoms with Crippen LogP contribution in [0.2, 0.25) is 0 Å². The molecule has 0 saturated heterocycles. The van der Waals surface area contributed by atoms with Crippen LogP contribution in [-0.2, 0) is 0 Å². The normalized spacial score (nSPS) is 21.5. The number of hydrogen-bond acceptors (Lipinski definition) is 2. The van der Waals surface area contributed by atoms with Gasteiger partial charge in [0, 0.05) is 6.04 Å². The van der Waals surface area contributed by atoms with E-state index in [1.165, 1.54) is 25.7 Å². The molecule has 0 unspecified atom stereocenters. The molecule has 12 heavy (non-hydrogen) atoms. The van der Waals surface area contributed by atoms with Crippen molar-refractivity contribution in [2.75, 3.05) is 13.1 Å². The number of nitrogens with one attached hydrogen (secondary N) is 1. The van der Waals surface area contributed by atoms with Gasteiger partial charge in [0.15, 0.2) is 0 Å². The fourth-order valence-electron chi connectivity index (χ4n) is 2.06. The second kappa shape index (κ2) is 5.55. The minimum Gasteiger partial charge on any atom is -0.330 e. The first-order valence-electron chi connectivity index (χ1n) is 5.28. The summed E-state index contributed by atoms with van der Waals surface area (Å²) >= 11 is 0. The monoisotopic (exact) mass is 170 g/mol. The summed E-state index contributed by atoms with van der Waals surface area (Å²) in [7, 11) is 0. The molecule has 0 bridgehead atoms. The van der Waals surface area contributed by atoms with Gasteiger partial charge >= 0.3 is 0 Å². The molecular formula is C10H22N2. The van der Waals surface area contributed by atoms with Gasteiger partial charge in [-0.25, -0.2) is 0 Å². The Morgan fingerprint density at radius 1 is 1.42 bits per heavy atom. The molecule has 0 aromatic carbocycles. The summed E-state index contributed by atoms with van der Waals surface area (Å²) in [5, 5.41) is 3.55. The van der Waals surface area contributed by atoms with E-state index in [2.05, 4.69) is 12.2 Å². The minimum atomic E-state index is 0.707. The van der Waals surface area contributed by atoms with Gasteiger partial charge in [-0.05, 0) is 45.2 Å². The van der Waals surface area contributed by atoms with Crippen molar-refractivity contribution in [3.8, 4) is 0 Å². The predicted molar refractivity (Wildman–Crippen MR) is 53.1 cm³/mol. The molecule has 72 valence electrons. The Labute approximate surface area is 75.9 Å². The van der Waals surface area contributed by atoms with Gasteiger partial charge in [-0.1, -0.05) is 12.8 Å². The Balaban J connectivity index is 2.05. The average Bonchev–Trinajstić information content (AvgIpc) is 2.56. The maximum absolute atomic E-state index is 5.43. The van der Waals surface area contributed by atoms with Crippen molar-refractivity contribution in [3.63, 3.8) is 0 Å². The molecule has 0 aromatic heterocycles. The average molecular weight is 170 g/mol. The largest absolute Gasteiger partial charge is 0.330 e. The molecule has 1 aliphatic rings. The van der Waals surface area contributed by atoms with Crippen LogP contribution in [0.1, 0.15) is 39.0 Å². The third-order valence-electron chi connectivity index (χ3n) is 2.95. The van der Waals surface area contributed by atoms with Crippen molar-refractivity contribution < 1.29 is 0 Å². The molecule has 0 spiro atoms. The lowest BCUT2D eigenvalue weighted by Crippen LogP contribution is -2.33. The molecule has 0 heterocycles. The van der Waals surface area contributed by atoms with E-state index in [-0.39, 0.29) is 0 Å². The van der Waals surface area contributed by atoms with Crippen molar-refractivity contribution in [3.05, 3.63) is 0 Å². The molecule has 2 heteroatoms. The predicted octanol–water partition coefficient (Wildman–Crippen LogP) is 1.50. The highest BCUT2D eigenvalue weighted by atomic mass is 14.9. The van der Waals surface area contributed by atoms with Crippen molar-refractivity contribution in [1.29, 1.82) is 0 Å². The first-order chi connectivity index (χ1) is 5.84. The fraction of sp³-hybridized carbons (Fsp3) is 1.00. The zero-order valence-electron chi connectivity index (χ0n) is 8.18. The third-order valence-corrected chi connectivity index (χ3v) is 2.95. The van der Waals surface area contributed by atoms with Gasteiger partial charge in [0.25, 0.3) is 0 Å². The first kappa shape index (κ1) is 10.0. The fourth-order valence-corrected chi connectivity index (χ4v) is 2.06. The smallest absolute Gasteiger partial charge is 0.00670 e. The van der Waals surface area contributed by atoms with Crippen LogP contribution in [0.15, 0.2) is 0 Å². The summed E-state index contributed by atoms with van der Waals surface area (Å²) in [5.74, 6) is 0.933. The van der Waals surface area contributed by atoms with Crippen molar-refractivity contribution in [2.24, 2.45) is 11.7 Å². The Bertz CT molecular complexity index is 108. The Hall–Kier alpha value is -0.0800. The maximum atomic E-state index is 5.43. The highest BCUT2D eigenvalue weighted by Crippen LogP contribution is 2.27. The van der Waals surface area contributed by atoms with Gasteiger partial charge in [-0.15, -0.1) is 0 Å². The molecule has 0 aliphatic heterocycles. The molecule has 1 rings (SSSR count). The van der Waals surface area contributed by atoms with Gasteiger partial charge in [0.2, 0.25) is 0 Å². The molecule has 3 N–H and O–H groups in total. The Morgan fingerprint density at radius 3 is 2.67 bits per heavy atom. The van der Waals surface area contributed by atoms with E-state index in [9.17, 15) is 0 Å². The maximum Gasteiger partial charge on any atom is 0.00670 e. The Kier molecular flexibility index (Phi) is 4.62. The van der Waals surface area contributed by atoms with Crippen molar-refractivity contribution in [2.45, 2.75) is 45.1 Å². The van der Waals surface area contributed by atoms with Crippen molar-refractivity contribution >= 4 is 0 Å². The quantitative estimate of drug-likeness (QED) is 0.614. The lowest BCUT2D eigenvalue weighted by molar-refractivity contribution is 0.381. The molecule has 0 amide bonds. The van der Waals surface area contributed by atoms with Crippen LogP contribution in [0.4, 0.5) is 0 Å². The van der Waals surface area contributed by atoms with Gasteiger partial charge in [0.1, 0.15) is 0 Å². The topological polar surface area (TPSA) is 38.0 Å². The van der Waals surface area contributed by atoms with E-state index < -0.39 is 0 Å². The molecular weight excluding hydrogens is 148 g/mol. The minimum absolute atomic E-state index is 0.707. The van der Waals surface area contributed by atoms with Crippen LogP contribution in [0.5, 0.6) is 0 Å². The van der Waals surface area contributed by atoms with E-state index in [0.29, 0.717) is 6.04 Å². The van der Waals surface area contributed by atoms with Crippen LogP contribution >= 0.6 is 0 Å². The number of hydrogen-bond donors (Lipinski definition) is 2. The molecule has 0 radical (unpaired) electrons. The van der Waals surface area contributed by atoms with Gasteiger partial charge in [0.05, 0.1) is 0 Å². The number of nitrogens with two attached hydrogens (primary N) is 1.